The summed E-state index contributed by atoms with van der Waals surface area (Å²) in [6.45, 7) is 16.0. The summed E-state index contributed by atoms with van der Waals surface area (Å²) in [5.74, 6) is -0.0239. The van der Waals surface area contributed by atoms with Gasteiger partial charge in [-0.3, -0.25) is 0 Å². The second-order valence-corrected chi connectivity index (χ2v) is 22.4. The first-order chi connectivity index (χ1) is 28.9. The van der Waals surface area contributed by atoms with Crippen LogP contribution in [0.5, 0.6) is 0 Å². The van der Waals surface area contributed by atoms with Crippen molar-refractivity contribution < 1.29 is 8.78 Å². The molecule has 0 nitrogen and oxygen atoms in total. The standard InChI is InChI=1S/C36H76B.C19H31F2P/c1-5-9-13-17-21-25-29-33-37(34-30-26-22-18-14-10-6-2,35-31-27-23-19-15-11-7-3)36-32-28-24-20-16-12-8-4;1-4-7-9-16(6-3)12-14-22(13-8-5-2)19-11-10-17(20)15-18(19)21/h5-36H2,1-4H3;10-11,15-16H,4-9,12-14H2,1-3H3/q-1;/p+1. The molecule has 1 aromatic carbocycles. The van der Waals surface area contributed by atoms with Gasteiger partial charge in [-0.15, -0.1) is 0 Å². The predicted molar refractivity (Wildman–Crippen MR) is 274 cm³/mol. The molecule has 4 heteroatoms. The molecule has 0 aliphatic carbocycles. The van der Waals surface area contributed by atoms with Crippen molar-refractivity contribution in [2.45, 2.75) is 298 Å². The Morgan fingerprint density at radius 1 is 0.407 bits per heavy atom. The third kappa shape index (κ3) is 34.7. The quantitative estimate of drug-likeness (QED) is 0.0349. The maximum atomic E-state index is 14.1. The third-order valence-electron chi connectivity index (χ3n) is 14.2. The first-order valence-corrected chi connectivity index (χ1v) is 29.3. The second kappa shape index (κ2) is 44.2. The number of rotatable bonds is 43. The van der Waals surface area contributed by atoms with Gasteiger partial charge in [0.05, 0.1) is 12.3 Å². The fraction of sp³-hybridized carbons (Fsp3) is 0.891. The fourth-order valence-electron chi connectivity index (χ4n) is 9.99. The molecule has 59 heavy (non-hydrogen) atoms. The molecule has 0 amide bonds. The largest absolute Gasteiger partial charge is 0.207 e. The van der Waals surface area contributed by atoms with Crippen LogP contribution >= 0.6 is 7.92 Å². The van der Waals surface area contributed by atoms with E-state index >= 15 is 0 Å². The highest BCUT2D eigenvalue weighted by atomic mass is 31.1. The van der Waals surface area contributed by atoms with Crippen molar-refractivity contribution in [1.29, 1.82) is 0 Å². The molecule has 0 spiro atoms. The van der Waals surface area contributed by atoms with Crippen LogP contribution in [0.25, 0.3) is 0 Å². The highest BCUT2D eigenvalue weighted by Crippen LogP contribution is 2.39. The van der Waals surface area contributed by atoms with E-state index < -0.39 is 13.7 Å². The Kier molecular flexibility index (Phi) is 43.9. The lowest BCUT2D eigenvalue weighted by Crippen LogP contribution is -2.34. The highest BCUT2D eigenvalue weighted by Gasteiger charge is 2.25. The maximum Gasteiger partial charge on any atom is 0.167 e. The van der Waals surface area contributed by atoms with E-state index in [1.807, 2.05) is 0 Å². The van der Waals surface area contributed by atoms with E-state index in [1.165, 1.54) is 218 Å². The molecule has 0 aliphatic rings. The van der Waals surface area contributed by atoms with Crippen LogP contribution in [-0.4, -0.2) is 18.5 Å². The molecular weight excluding hydrogens is 740 g/mol. The summed E-state index contributed by atoms with van der Waals surface area (Å²) in [5, 5.41) is 0.810. The van der Waals surface area contributed by atoms with E-state index in [4.69, 9.17) is 0 Å². The molecule has 1 rings (SSSR count). The summed E-state index contributed by atoms with van der Waals surface area (Å²) < 4.78 is 27.3. The molecule has 0 saturated heterocycles. The molecule has 1 aromatic rings. The molecule has 2 unspecified atom stereocenters. The lowest BCUT2D eigenvalue weighted by molar-refractivity contribution is 0.441. The van der Waals surface area contributed by atoms with Gasteiger partial charge in [0.15, 0.2) is 5.82 Å². The van der Waals surface area contributed by atoms with Crippen molar-refractivity contribution in [3.8, 4) is 0 Å². The third-order valence-corrected chi connectivity index (χ3v) is 17.2. The molecule has 0 radical (unpaired) electrons. The molecule has 0 aliphatic heterocycles. The summed E-state index contributed by atoms with van der Waals surface area (Å²) >= 11 is 0. The average Bonchev–Trinajstić information content (AvgIpc) is 3.24. The van der Waals surface area contributed by atoms with Crippen LogP contribution in [0.4, 0.5) is 8.78 Å². The predicted octanol–water partition coefficient (Wildman–Crippen LogP) is 20.6. The molecule has 2 atom stereocenters. The topological polar surface area (TPSA) is 0 Å². The van der Waals surface area contributed by atoms with Gasteiger partial charge in [0.2, 0.25) is 0 Å². The summed E-state index contributed by atoms with van der Waals surface area (Å²) in [4.78, 5) is 0. The Balaban J connectivity index is 0.00000129. The fourth-order valence-corrected chi connectivity index (χ4v) is 13.0. The Morgan fingerprint density at radius 3 is 1.10 bits per heavy atom. The Hall–Kier alpha value is -0.425. The zero-order valence-corrected chi connectivity index (χ0v) is 42.6. The van der Waals surface area contributed by atoms with Gasteiger partial charge in [0.25, 0.3) is 0 Å². The van der Waals surface area contributed by atoms with Crippen LogP contribution in [0.2, 0.25) is 25.3 Å². The first kappa shape index (κ1) is 58.6. The number of benzene rings is 1. The summed E-state index contributed by atoms with van der Waals surface area (Å²) in [7, 11) is -0.903. The normalized spacial score (nSPS) is 12.8. The van der Waals surface area contributed by atoms with E-state index in [0.29, 0.717) is 0 Å². The molecule has 0 N–H and O–H groups in total. The molecule has 0 saturated carbocycles. The van der Waals surface area contributed by atoms with Crippen LogP contribution in [0, 0.1) is 17.6 Å². The monoisotopic (exact) mass is 849 g/mol. The Labute approximate surface area is 373 Å². The summed E-state index contributed by atoms with van der Waals surface area (Å²) in [6.07, 6.45) is 58.4. The van der Waals surface area contributed by atoms with Gasteiger partial charge in [-0.2, -0.15) is 25.3 Å². The van der Waals surface area contributed by atoms with E-state index in [9.17, 15) is 8.78 Å². The average molecular weight is 849 g/mol. The van der Waals surface area contributed by atoms with Gasteiger partial charge in [0, 0.05) is 20.1 Å². The zero-order valence-electron chi connectivity index (χ0n) is 41.6. The van der Waals surface area contributed by atoms with Gasteiger partial charge in [0.1, 0.15) is 11.1 Å². The molecule has 0 aromatic heterocycles. The molecule has 0 fully saturated rings. The minimum absolute atomic E-state index is 0.120. The van der Waals surface area contributed by atoms with Crippen molar-refractivity contribution in [2.75, 3.05) is 12.3 Å². The second-order valence-electron chi connectivity index (χ2n) is 19.7. The lowest BCUT2D eigenvalue weighted by Gasteiger charge is -2.41. The summed E-state index contributed by atoms with van der Waals surface area (Å²) in [6, 6.07) is 4.17. The van der Waals surface area contributed by atoms with E-state index in [0.717, 1.165) is 42.5 Å². The van der Waals surface area contributed by atoms with E-state index in [1.54, 1.807) is 31.3 Å². The molecule has 350 valence electrons. The summed E-state index contributed by atoms with van der Waals surface area (Å²) in [5.41, 5.74) is 0. The van der Waals surface area contributed by atoms with Crippen molar-refractivity contribution in [3.05, 3.63) is 29.8 Å². The maximum absolute atomic E-state index is 14.1. The first-order valence-electron chi connectivity index (χ1n) is 27.4. The molecule has 0 bridgehead atoms. The van der Waals surface area contributed by atoms with Crippen molar-refractivity contribution >= 4 is 19.4 Å². The smallest absolute Gasteiger partial charge is 0.167 e. The van der Waals surface area contributed by atoms with Gasteiger partial charge >= 0.3 is 0 Å². The van der Waals surface area contributed by atoms with Gasteiger partial charge in [-0.25, -0.2) is 8.78 Å². The van der Waals surface area contributed by atoms with Crippen LogP contribution in [0.1, 0.15) is 273 Å². The SMILES string of the molecule is CCCCC(CC)CC[PH+](CCCC)c1ccc(F)cc1F.CCCCCCCCC[B-](CCCCCCCCC)(CCCCCCCCC)CCCCCCCCC. The minimum atomic E-state index is -0.903. The van der Waals surface area contributed by atoms with E-state index in [-0.39, 0.29) is 12.0 Å². The zero-order chi connectivity index (χ0) is 43.5. The number of hydrogen-bond donors (Lipinski definition) is 0. The van der Waals surface area contributed by atoms with E-state index in [2.05, 4.69) is 48.5 Å². The number of hydrogen-bond acceptors (Lipinski definition) is 0. The van der Waals surface area contributed by atoms with Crippen LogP contribution in [-0.2, 0) is 0 Å². The van der Waals surface area contributed by atoms with Crippen molar-refractivity contribution in [1.82, 2.24) is 0 Å². The van der Waals surface area contributed by atoms with Gasteiger partial charge in [-0.1, -0.05) is 260 Å². The Bertz CT molecular complexity index is 906. The number of unbranched alkanes of at least 4 members (excludes halogenated alkanes) is 26. The lowest BCUT2D eigenvalue weighted by atomic mass is 9.17. The van der Waals surface area contributed by atoms with Crippen LogP contribution in [0.3, 0.4) is 0 Å². The van der Waals surface area contributed by atoms with Crippen molar-refractivity contribution in [2.24, 2.45) is 5.92 Å². The van der Waals surface area contributed by atoms with Crippen LogP contribution in [0.15, 0.2) is 18.2 Å². The van der Waals surface area contributed by atoms with Gasteiger partial charge < -0.3 is 0 Å². The Morgan fingerprint density at radius 2 is 0.763 bits per heavy atom. The molecule has 0 heterocycles. The highest BCUT2D eigenvalue weighted by molar-refractivity contribution is 7.65. The van der Waals surface area contributed by atoms with Crippen molar-refractivity contribution in [3.63, 3.8) is 0 Å². The number of halogens is 2. The van der Waals surface area contributed by atoms with Gasteiger partial charge in [-0.05, 0) is 30.9 Å². The van der Waals surface area contributed by atoms with Crippen LogP contribution < -0.4 is 5.30 Å². The molecular formula is C55H108BF2P. The minimum Gasteiger partial charge on any atom is -0.207 e.